The van der Waals surface area contributed by atoms with E-state index in [1.54, 1.807) is 13.8 Å². The highest BCUT2D eigenvalue weighted by atomic mass is 19.4. The van der Waals surface area contributed by atoms with E-state index in [9.17, 15) is 49.0 Å². The van der Waals surface area contributed by atoms with Gasteiger partial charge in [-0.15, -0.1) is 0 Å². The molecule has 0 radical (unpaired) electrons. The maximum atomic E-state index is 14.1. The molecule has 0 unspecified atom stereocenters. The maximum absolute atomic E-state index is 14.1. The summed E-state index contributed by atoms with van der Waals surface area (Å²) in [5.74, 6) is -12.8. The fourth-order valence-corrected chi connectivity index (χ4v) is 2.67. The Kier molecular flexibility index (Phi) is 8.09. The van der Waals surface area contributed by atoms with Crippen LogP contribution in [0.1, 0.15) is 19.4 Å². The maximum Gasteiger partial charge on any atom is 0.460 e. The van der Waals surface area contributed by atoms with Gasteiger partial charge in [0.15, 0.2) is 11.9 Å². The molecule has 35 heavy (non-hydrogen) atoms. The minimum atomic E-state index is -6.59. The van der Waals surface area contributed by atoms with Gasteiger partial charge in [-0.3, -0.25) is 0 Å². The second kappa shape index (κ2) is 9.99. The Labute approximate surface area is 192 Å². The van der Waals surface area contributed by atoms with Crippen molar-refractivity contribution in [2.45, 2.75) is 50.3 Å². The van der Waals surface area contributed by atoms with Crippen LogP contribution in [-0.4, -0.2) is 42.1 Å². The number of nitrogens with zero attached hydrogens (tertiary/aromatic N) is 1. The standard InChI is InChI=1S/C21H19F10NO3/c1-12(2)34-15-7-4-6-14(10-15)32(11-17(33)19(24,25)26)35-16-8-3-5-13(9-16)18(22,23)20(27,28)21(29,30)31/h3-10,12,17,33H,11H2,1-2H3/t17-/m0/s1. The zero-order valence-electron chi connectivity index (χ0n) is 18.0. The molecule has 0 bridgehead atoms. The summed E-state index contributed by atoms with van der Waals surface area (Å²) in [7, 11) is 0. The van der Waals surface area contributed by atoms with Crippen molar-refractivity contribution in [1.82, 2.24) is 0 Å². The summed E-state index contributed by atoms with van der Waals surface area (Å²) in [6, 6.07) is 7.04. The lowest BCUT2D eigenvalue weighted by molar-refractivity contribution is -0.359. The van der Waals surface area contributed by atoms with Crippen molar-refractivity contribution in [1.29, 1.82) is 0 Å². The van der Waals surface area contributed by atoms with E-state index in [0.717, 1.165) is 6.07 Å². The van der Waals surface area contributed by atoms with Crippen molar-refractivity contribution in [2.24, 2.45) is 0 Å². The quantitative estimate of drug-likeness (QED) is 0.302. The molecule has 2 aromatic carbocycles. The molecule has 1 N–H and O–H groups in total. The van der Waals surface area contributed by atoms with Crippen molar-refractivity contribution in [3.8, 4) is 11.5 Å². The molecule has 0 amide bonds. The second-order valence-corrected chi connectivity index (χ2v) is 7.55. The number of hydrogen-bond acceptors (Lipinski definition) is 4. The highest BCUT2D eigenvalue weighted by molar-refractivity contribution is 5.50. The van der Waals surface area contributed by atoms with Crippen LogP contribution in [0.4, 0.5) is 49.6 Å². The Morgan fingerprint density at radius 3 is 1.94 bits per heavy atom. The van der Waals surface area contributed by atoms with E-state index >= 15 is 0 Å². The van der Waals surface area contributed by atoms with Crippen LogP contribution >= 0.6 is 0 Å². The first-order valence-corrected chi connectivity index (χ1v) is 9.76. The Balaban J connectivity index is 2.46. The van der Waals surface area contributed by atoms with Crippen LogP contribution in [0, 0.1) is 0 Å². The Hall–Kier alpha value is -2.90. The molecule has 0 aliphatic heterocycles. The predicted molar refractivity (Wildman–Crippen MR) is 104 cm³/mol. The minimum Gasteiger partial charge on any atom is -0.491 e. The summed E-state index contributed by atoms with van der Waals surface area (Å²) in [6.45, 7) is 1.99. The molecular formula is C21H19F10NO3. The Bertz CT molecular complexity index is 992. The van der Waals surface area contributed by atoms with E-state index in [0.29, 0.717) is 11.1 Å². The number of aliphatic hydroxyl groups excluding tert-OH is 1. The van der Waals surface area contributed by atoms with Gasteiger partial charge in [-0.05, 0) is 38.1 Å². The monoisotopic (exact) mass is 523 g/mol. The van der Waals surface area contributed by atoms with Gasteiger partial charge >= 0.3 is 24.2 Å². The molecule has 0 spiro atoms. The molecule has 4 nitrogen and oxygen atoms in total. The van der Waals surface area contributed by atoms with Gasteiger partial charge in [0.1, 0.15) is 5.75 Å². The molecule has 0 saturated carbocycles. The first kappa shape index (κ1) is 28.3. The summed E-state index contributed by atoms with van der Waals surface area (Å²) < 4.78 is 137. The largest absolute Gasteiger partial charge is 0.491 e. The summed E-state index contributed by atoms with van der Waals surface area (Å²) in [6.07, 6.45) is -15.1. The number of benzene rings is 2. The lowest BCUT2D eigenvalue weighted by atomic mass is 10.0. The number of halogens is 10. The van der Waals surface area contributed by atoms with E-state index in [2.05, 4.69) is 0 Å². The zero-order valence-corrected chi connectivity index (χ0v) is 18.0. The predicted octanol–water partition coefficient (Wildman–Crippen LogP) is 6.49. The van der Waals surface area contributed by atoms with Gasteiger partial charge in [0.25, 0.3) is 0 Å². The summed E-state index contributed by atoms with van der Waals surface area (Å²) in [4.78, 5) is 5.12. The van der Waals surface area contributed by atoms with Crippen LogP contribution in [0.3, 0.4) is 0 Å². The molecule has 0 heterocycles. The molecule has 0 fully saturated rings. The van der Waals surface area contributed by atoms with Crippen molar-refractivity contribution in [2.75, 3.05) is 11.6 Å². The van der Waals surface area contributed by atoms with Crippen molar-refractivity contribution >= 4 is 5.69 Å². The number of hydrogen-bond donors (Lipinski definition) is 1. The molecule has 0 saturated heterocycles. The molecule has 0 aromatic heterocycles. The number of hydroxylamine groups is 1. The molecule has 0 aliphatic rings. The zero-order chi connectivity index (χ0) is 26.8. The Morgan fingerprint density at radius 2 is 1.40 bits per heavy atom. The topological polar surface area (TPSA) is 41.9 Å². The molecule has 14 heteroatoms. The molecule has 2 aromatic rings. The van der Waals surface area contributed by atoms with Crippen LogP contribution in [-0.2, 0) is 5.92 Å². The lowest BCUT2D eigenvalue weighted by Crippen LogP contribution is -2.50. The smallest absolute Gasteiger partial charge is 0.460 e. The van der Waals surface area contributed by atoms with Gasteiger partial charge in [-0.1, -0.05) is 18.2 Å². The lowest BCUT2D eigenvalue weighted by Gasteiger charge is -2.30. The highest BCUT2D eigenvalue weighted by Gasteiger charge is 2.73. The molecule has 2 rings (SSSR count). The van der Waals surface area contributed by atoms with Crippen LogP contribution in [0.5, 0.6) is 11.5 Å². The molecule has 0 aliphatic carbocycles. The number of anilines is 1. The first-order valence-electron chi connectivity index (χ1n) is 9.76. The van der Waals surface area contributed by atoms with Crippen molar-refractivity contribution < 1.29 is 58.6 Å². The third-order valence-corrected chi connectivity index (χ3v) is 4.36. The van der Waals surface area contributed by atoms with Gasteiger partial charge in [0.05, 0.1) is 18.3 Å². The van der Waals surface area contributed by atoms with Crippen molar-refractivity contribution in [3.05, 3.63) is 54.1 Å². The molecule has 1 atom stereocenters. The summed E-state index contributed by atoms with van der Waals surface area (Å²) in [5, 5.41) is 9.88. The molecular weight excluding hydrogens is 504 g/mol. The first-order chi connectivity index (χ1) is 15.9. The fraction of sp³-hybridized carbons (Fsp3) is 0.429. The van der Waals surface area contributed by atoms with Crippen LogP contribution in [0.15, 0.2) is 48.5 Å². The van der Waals surface area contributed by atoms with Crippen LogP contribution in [0.2, 0.25) is 0 Å². The summed E-state index contributed by atoms with van der Waals surface area (Å²) >= 11 is 0. The average Bonchev–Trinajstić information content (AvgIpc) is 2.71. The second-order valence-electron chi connectivity index (χ2n) is 7.55. The number of ether oxygens (including phenoxy) is 1. The van der Waals surface area contributed by atoms with Crippen molar-refractivity contribution in [3.63, 3.8) is 0 Å². The highest BCUT2D eigenvalue weighted by Crippen LogP contribution is 2.52. The third-order valence-electron chi connectivity index (χ3n) is 4.36. The fourth-order valence-electron chi connectivity index (χ4n) is 2.67. The van der Waals surface area contributed by atoms with E-state index in [1.165, 1.54) is 24.3 Å². The Morgan fingerprint density at radius 1 is 0.829 bits per heavy atom. The molecule has 196 valence electrons. The van der Waals surface area contributed by atoms with Crippen LogP contribution in [0.25, 0.3) is 0 Å². The SMILES string of the molecule is CC(C)Oc1cccc(N(C[C@H](O)C(F)(F)F)Oc2cccc(C(F)(F)C(F)(F)C(F)(F)F)c2)c1. The number of rotatable bonds is 9. The van der Waals surface area contributed by atoms with Gasteiger partial charge in [-0.25, -0.2) is 5.06 Å². The van der Waals surface area contributed by atoms with E-state index in [4.69, 9.17) is 9.57 Å². The van der Waals surface area contributed by atoms with E-state index < -0.39 is 48.2 Å². The van der Waals surface area contributed by atoms with Crippen LogP contribution < -0.4 is 14.6 Å². The third kappa shape index (κ3) is 6.61. The minimum absolute atomic E-state index is 0.126. The van der Waals surface area contributed by atoms with E-state index in [1.807, 2.05) is 0 Å². The van der Waals surface area contributed by atoms with Gasteiger partial charge in [0.2, 0.25) is 0 Å². The summed E-state index contributed by atoms with van der Waals surface area (Å²) in [5.41, 5.74) is -1.98. The van der Waals surface area contributed by atoms with Gasteiger partial charge < -0.3 is 14.7 Å². The van der Waals surface area contributed by atoms with Gasteiger partial charge in [0, 0.05) is 11.6 Å². The van der Waals surface area contributed by atoms with Gasteiger partial charge in [-0.2, -0.15) is 43.9 Å². The normalized spacial score (nSPS) is 14.1. The number of aliphatic hydroxyl groups is 1. The average molecular weight is 523 g/mol. The van der Waals surface area contributed by atoms with E-state index in [-0.39, 0.29) is 29.7 Å². The number of alkyl halides is 10.